The molecular formula is C41H40N4O7S. The topological polar surface area (TPSA) is 146 Å². The Balaban J connectivity index is 1.13. The zero-order valence-electron chi connectivity index (χ0n) is 29.3. The van der Waals surface area contributed by atoms with Crippen LogP contribution in [0.1, 0.15) is 42.0 Å². The van der Waals surface area contributed by atoms with Crippen molar-refractivity contribution in [3.63, 3.8) is 0 Å². The summed E-state index contributed by atoms with van der Waals surface area (Å²) in [5.74, 6) is -0.848. The highest BCUT2D eigenvalue weighted by Gasteiger charge is 2.31. The highest BCUT2D eigenvalue weighted by Crippen LogP contribution is 2.35. The van der Waals surface area contributed by atoms with Crippen molar-refractivity contribution in [3.8, 4) is 0 Å². The molecule has 0 aromatic heterocycles. The molecule has 53 heavy (non-hydrogen) atoms. The van der Waals surface area contributed by atoms with E-state index in [1.54, 1.807) is 60.4 Å². The van der Waals surface area contributed by atoms with Gasteiger partial charge in [-0.2, -0.15) is 0 Å². The molecule has 5 aromatic carbocycles. The van der Waals surface area contributed by atoms with Gasteiger partial charge in [0, 0.05) is 29.6 Å². The van der Waals surface area contributed by atoms with Crippen molar-refractivity contribution in [2.45, 2.75) is 44.1 Å². The van der Waals surface area contributed by atoms with Crippen LogP contribution in [0, 0.1) is 5.41 Å². The second kappa shape index (κ2) is 16.6. The SMILES string of the molecule is CCOC(=O)CN(c1ccc2c(c1)CCCN2C(=O)CCc1ccc(C(=N)NC(=O)OCc2ccccc2)cc1)S(=O)(=O)c1cccc2ccccc12. The number of benzene rings is 5. The summed E-state index contributed by atoms with van der Waals surface area (Å²) in [4.78, 5) is 40.3. The van der Waals surface area contributed by atoms with E-state index in [-0.39, 0.29) is 36.3 Å². The first-order chi connectivity index (χ1) is 25.6. The third-order valence-electron chi connectivity index (χ3n) is 8.98. The number of amidine groups is 1. The van der Waals surface area contributed by atoms with Crippen molar-refractivity contribution in [1.29, 1.82) is 5.41 Å². The van der Waals surface area contributed by atoms with Gasteiger partial charge in [0.2, 0.25) is 5.91 Å². The zero-order chi connectivity index (χ0) is 37.4. The van der Waals surface area contributed by atoms with Crippen LogP contribution < -0.4 is 14.5 Å². The second-order valence-corrected chi connectivity index (χ2v) is 14.3. The molecular weight excluding hydrogens is 693 g/mol. The van der Waals surface area contributed by atoms with Gasteiger partial charge in [-0.3, -0.25) is 24.6 Å². The van der Waals surface area contributed by atoms with Gasteiger partial charge in [-0.05, 0) is 72.5 Å². The number of carbonyl (C=O) groups excluding carboxylic acids is 3. The van der Waals surface area contributed by atoms with Crippen LogP contribution in [-0.4, -0.2) is 51.9 Å². The van der Waals surface area contributed by atoms with E-state index in [0.717, 1.165) is 26.4 Å². The minimum atomic E-state index is -4.21. The third kappa shape index (κ3) is 8.73. The van der Waals surface area contributed by atoms with Crippen LogP contribution in [0.25, 0.3) is 10.8 Å². The molecule has 0 radical (unpaired) electrons. The fourth-order valence-corrected chi connectivity index (χ4v) is 7.95. The van der Waals surface area contributed by atoms with E-state index in [1.807, 2.05) is 60.7 Å². The van der Waals surface area contributed by atoms with E-state index in [4.69, 9.17) is 14.9 Å². The predicted octanol–water partition coefficient (Wildman–Crippen LogP) is 6.76. The zero-order valence-corrected chi connectivity index (χ0v) is 30.1. The maximum Gasteiger partial charge on any atom is 0.413 e. The van der Waals surface area contributed by atoms with Crippen LogP contribution in [0.2, 0.25) is 0 Å². The molecule has 2 amide bonds. The summed E-state index contributed by atoms with van der Waals surface area (Å²) in [5, 5.41) is 12.0. The molecule has 0 bridgehead atoms. The minimum Gasteiger partial charge on any atom is -0.465 e. The highest BCUT2D eigenvalue weighted by molar-refractivity contribution is 7.93. The van der Waals surface area contributed by atoms with Gasteiger partial charge in [-0.25, -0.2) is 13.2 Å². The molecule has 2 N–H and O–H groups in total. The third-order valence-corrected chi connectivity index (χ3v) is 10.8. The van der Waals surface area contributed by atoms with Crippen molar-refractivity contribution < 1.29 is 32.3 Å². The summed E-state index contributed by atoms with van der Waals surface area (Å²) in [6, 6.07) is 33.7. The molecule has 1 aliphatic heterocycles. The number of anilines is 2. The smallest absolute Gasteiger partial charge is 0.413 e. The lowest BCUT2D eigenvalue weighted by Gasteiger charge is -2.31. The Morgan fingerprint density at radius 3 is 2.36 bits per heavy atom. The van der Waals surface area contributed by atoms with Gasteiger partial charge in [-0.15, -0.1) is 0 Å². The Labute approximate surface area is 308 Å². The number of amides is 2. The van der Waals surface area contributed by atoms with Gasteiger partial charge in [0.05, 0.1) is 17.2 Å². The van der Waals surface area contributed by atoms with Gasteiger partial charge in [0.25, 0.3) is 10.0 Å². The fourth-order valence-electron chi connectivity index (χ4n) is 6.33. The van der Waals surface area contributed by atoms with Gasteiger partial charge in [-0.1, -0.05) is 91.0 Å². The van der Waals surface area contributed by atoms with Gasteiger partial charge >= 0.3 is 12.1 Å². The molecule has 0 unspecified atom stereocenters. The summed E-state index contributed by atoms with van der Waals surface area (Å²) in [6.07, 6.45) is 1.29. The van der Waals surface area contributed by atoms with E-state index in [0.29, 0.717) is 48.1 Å². The Morgan fingerprint density at radius 2 is 1.58 bits per heavy atom. The summed E-state index contributed by atoms with van der Waals surface area (Å²) in [5.41, 5.74) is 4.05. The molecule has 0 saturated carbocycles. The summed E-state index contributed by atoms with van der Waals surface area (Å²) < 4.78 is 39.9. The van der Waals surface area contributed by atoms with Crippen LogP contribution in [0.4, 0.5) is 16.2 Å². The quantitative estimate of drug-likeness (QED) is 0.0819. The Hall–Kier alpha value is -6.01. The number of ether oxygens (including phenoxy) is 2. The number of alkyl carbamates (subject to hydrolysis) is 1. The van der Waals surface area contributed by atoms with Crippen LogP contribution in [0.3, 0.4) is 0 Å². The van der Waals surface area contributed by atoms with Gasteiger partial charge in [0.1, 0.15) is 19.0 Å². The first-order valence-electron chi connectivity index (χ1n) is 17.4. The molecule has 5 aromatic rings. The molecule has 1 heterocycles. The summed E-state index contributed by atoms with van der Waals surface area (Å²) >= 11 is 0. The monoisotopic (exact) mass is 732 g/mol. The lowest BCUT2D eigenvalue weighted by molar-refractivity contribution is -0.141. The van der Waals surface area contributed by atoms with E-state index in [2.05, 4.69) is 5.32 Å². The van der Waals surface area contributed by atoms with Crippen molar-refractivity contribution in [2.75, 3.05) is 28.9 Å². The number of nitrogens with one attached hydrogen (secondary N) is 2. The number of fused-ring (bicyclic) bond motifs is 2. The van der Waals surface area contributed by atoms with Crippen LogP contribution in [0.5, 0.6) is 0 Å². The average Bonchev–Trinajstić information content (AvgIpc) is 3.18. The largest absolute Gasteiger partial charge is 0.465 e. The molecule has 0 spiro atoms. The van der Waals surface area contributed by atoms with Crippen molar-refractivity contribution >= 4 is 56.0 Å². The Morgan fingerprint density at radius 1 is 0.849 bits per heavy atom. The van der Waals surface area contributed by atoms with Crippen molar-refractivity contribution in [1.82, 2.24) is 5.32 Å². The van der Waals surface area contributed by atoms with E-state index in [1.165, 1.54) is 6.07 Å². The fraction of sp³-hybridized carbons (Fsp3) is 0.220. The number of sulfonamides is 1. The van der Waals surface area contributed by atoms with Gasteiger partial charge < -0.3 is 14.4 Å². The van der Waals surface area contributed by atoms with Crippen LogP contribution in [0.15, 0.2) is 120 Å². The molecule has 0 fully saturated rings. The van der Waals surface area contributed by atoms with Crippen molar-refractivity contribution in [2.24, 2.45) is 0 Å². The molecule has 272 valence electrons. The maximum atomic E-state index is 14.2. The number of aryl methyl sites for hydroxylation is 2. The molecule has 12 heteroatoms. The Bertz CT molecular complexity index is 2240. The highest BCUT2D eigenvalue weighted by atomic mass is 32.2. The van der Waals surface area contributed by atoms with Crippen LogP contribution >= 0.6 is 0 Å². The standard InChI is InChI=1S/C41H40N4O7S/c1-2-51-39(47)27-45(53(49,50)37-16-8-13-31-12-6-7-15-35(31)37)34-22-23-36-33(26-34)14-9-25-44(36)38(46)24-19-29-17-20-32(21-18-29)40(42)43-41(48)52-28-30-10-4-3-5-11-30/h3-8,10-13,15-18,20-23,26H,2,9,14,19,24-25,27-28H2,1H3,(H2,42,43,48). The number of rotatable bonds is 12. The second-order valence-electron chi connectivity index (χ2n) is 12.5. The number of carbonyl (C=O) groups is 3. The van der Waals surface area contributed by atoms with Crippen LogP contribution in [-0.2, 0) is 48.5 Å². The molecule has 0 atom stereocenters. The van der Waals surface area contributed by atoms with Crippen molar-refractivity contribution in [3.05, 3.63) is 138 Å². The predicted molar refractivity (Wildman–Crippen MR) is 204 cm³/mol. The number of esters is 1. The first-order valence-corrected chi connectivity index (χ1v) is 18.8. The Kier molecular flexibility index (Phi) is 11.5. The molecule has 11 nitrogen and oxygen atoms in total. The van der Waals surface area contributed by atoms with E-state index < -0.39 is 28.6 Å². The maximum absolute atomic E-state index is 14.2. The summed E-state index contributed by atoms with van der Waals surface area (Å²) in [6.45, 7) is 1.89. The summed E-state index contributed by atoms with van der Waals surface area (Å²) in [7, 11) is -4.21. The number of hydrogen-bond donors (Lipinski definition) is 2. The van der Waals surface area contributed by atoms with Gasteiger partial charge in [0.15, 0.2) is 0 Å². The minimum absolute atomic E-state index is 0.0786. The molecule has 0 saturated heterocycles. The average molecular weight is 733 g/mol. The lowest BCUT2D eigenvalue weighted by Crippen LogP contribution is -2.38. The molecule has 6 rings (SSSR count). The lowest BCUT2D eigenvalue weighted by atomic mass is 9.99. The molecule has 0 aliphatic carbocycles. The normalized spacial score (nSPS) is 12.4. The first kappa shape index (κ1) is 36.8. The van der Waals surface area contributed by atoms with E-state index in [9.17, 15) is 22.8 Å². The molecule has 1 aliphatic rings. The van der Waals surface area contributed by atoms with E-state index >= 15 is 0 Å². The number of nitrogens with zero attached hydrogens (tertiary/aromatic N) is 2. The number of hydrogen-bond acceptors (Lipinski definition) is 8.